The maximum Gasteiger partial charge on any atom is 0.0765 e. The van der Waals surface area contributed by atoms with Gasteiger partial charge in [0.25, 0.3) is 0 Å². The minimum absolute atomic E-state index is 0.0416. The number of hydrogen-bond acceptors (Lipinski definition) is 6. The van der Waals surface area contributed by atoms with Crippen LogP contribution >= 0.6 is 0 Å². The third-order valence-corrected chi connectivity index (χ3v) is 2.60. The molecule has 2 atom stereocenters. The summed E-state index contributed by atoms with van der Waals surface area (Å²) in [6.07, 6.45) is 0.476. The summed E-state index contributed by atoms with van der Waals surface area (Å²) in [5.74, 6) is 0. The van der Waals surface area contributed by atoms with Gasteiger partial charge in [0.1, 0.15) is 0 Å². The van der Waals surface area contributed by atoms with Crippen LogP contribution in [0.5, 0.6) is 0 Å². The molecule has 0 aromatic heterocycles. The largest absolute Gasteiger partial charge is 0.389 e. The maximum atomic E-state index is 9.77. The molecule has 0 aliphatic carbocycles. The fraction of sp³-hybridized carbons (Fsp3) is 1.00. The van der Waals surface area contributed by atoms with E-state index in [9.17, 15) is 5.11 Å². The zero-order chi connectivity index (χ0) is 14.6. The molecule has 0 saturated carbocycles. The van der Waals surface area contributed by atoms with E-state index in [1.165, 1.54) is 0 Å². The van der Waals surface area contributed by atoms with Gasteiger partial charge in [-0.3, -0.25) is 0 Å². The van der Waals surface area contributed by atoms with Gasteiger partial charge in [-0.25, -0.2) is 0 Å². The van der Waals surface area contributed by atoms with Gasteiger partial charge in [0.05, 0.1) is 51.3 Å². The van der Waals surface area contributed by atoms with Crippen LogP contribution in [0, 0.1) is 0 Å². The van der Waals surface area contributed by atoms with Crippen molar-refractivity contribution in [2.24, 2.45) is 5.73 Å². The molecule has 0 spiro atoms. The first kappa shape index (κ1) is 18.8. The van der Waals surface area contributed by atoms with E-state index < -0.39 is 5.60 Å². The Bertz CT molecular complexity index is 201. The molecular weight excluding hydrogens is 250 g/mol. The van der Waals surface area contributed by atoms with E-state index in [-0.39, 0.29) is 12.6 Å². The Labute approximate surface area is 116 Å². The first-order valence-electron chi connectivity index (χ1n) is 6.70. The van der Waals surface area contributed by atoms with E-state index in [4.69, 9.17) is 24.7 Å². The highest BCUT2D eigenvalue weighted by Gasteiger charge is 2.21. The zero-order valence-corrected chi connectivity index (χ0v) is 12.4. The van der Waals surface area contributed by atoms with Gasteiger partial charge in [0.15, 0.2) is 0 Å². The second-order valence-electron chi connectivity index (χ2n) is 4.80. The van der Waals surface area contributed by atoms with Crippen molar-refractivity contribution in [3.63, 3.8) is 0 Å². The minimum Gasteiger partial charge on any atom is -0.389 e. The zero-order valence-electron chi connectivity index (χ0n) is 12.4. The highest BCUT2D eigenvalue weighted by molar-refractivity contribution is 4.76. The lowest BCUT2D eigenvalue weighted by atomic mass is 10.00. The third kappa shape index (κ3) is 12.5. The van der Waals surface area contributed by atoms with Crippen LogP contribution in [0.4, 0.5) is 0 Å². The number of nitrogens with two attached hydrogens (primary N) is 1. The first-order chi connectivity index (χ1) is 9.02. The van der Waals surface area contributed by atoms with E-state index >= 15 is 0 Å². The lowest BCUT2D eigenvalue weighted by Gasteiger charge is -2.25. The summed E-state index contributed by atoms with van der Waals surface area (Å²) in [7, 11) is 1.64. The second kappa shape index (κ2) is 11.6. The van der Waals surface area contributed by atoms with Gasteiger partial charge in [-0.2, -0.15) is 0 Å². The molecule has 19 heavy (non-hydrogen) atoms. The molecule has 3 N–H and O–H groups in total. The van der Waals surface area contributed by atoms with Gasteiger partial charge >= 0.3 is 0 Å². The smallest absolute Gasteiger partial charge is 0.0765 e. The Balaban J connectivity index is 3.30. The van der Waals surface area contributed by atoms with Crippen molar-refractivity contribution in [2.45, 2.75) is 32.0 Å². The summed E-state index contributed by atoms with van der Waals surface area (Å²) in [6, 6.07) is 0. The van der Waals surface area contributed by atoms with Crippen LogP contribution in [0.15, 0.2) is 0 Å². The van der Waals surface area contributed by atoms with E-state index in [1.54, 1.807) is 14.0 Å². The molecule has 0 heterocycles. The maximum absolute atomic E-state index is 9.77. The van der Waals surface area contributed by atoms with Gasteiger partial charge in [-0.1, -0.05) is 0 Å². The fourth-order valence-electron chi connectivity index (χ4n) is 1.53. The summed E-state index contributed by atoms with van der Waals surface area (Å²) in [5.41, 5.74) is 4.58. The summed E-state index contributed by atoms with van der Waals surface area (Å²) >= 11 is 0. The lowest BCUT2D eigenvalue weighted by Crippen LogP contribution is -2.38. The normalized spacial score (nSPS) is 16.3. The molecule has 6 heteroatoms. The summed E-state index contributed by atoms with van der Waals surface area (Å²) in [4.78, 5) is 0. The number of ether oxygens (including phenoxy) is 4. The monoisotopic (exact) mass is 279 g/mol. The van der Waals surface area contributed by atoms with Crippen molar-refractivity contribution in [1.82, 2.24) is 0 Å². The Morgan fingerprint density at radius 1 is 1.05 bits per heavy atom. The Morgan fingerprint density at radius 3 is 2.11 bits per heavy atom. The van der Waals surface area contributed by atoms with Crippen LogP contribution in [0.1, 0.15) is 20.3 Å². The fourth-order valence-corrected chi connectivity index (χ4v) is 1.53. The predicted molar refractivity (Wildman–Crippen MR) is 73.2 cm³/mol. The minimum atomic E-state index is -0.866. The number of aliphatic hydroxyl groups is 1. The molecule has 0 bridgehead atoms. The van der Waals surface area contributed by atoms with Crippen LogP contribution in [-0.4, -0.2) is 70.1 Å². The van der Waals surface area contributed by atoms with E-state index in [1.807, 2.05) is 6.92 Å². The third-order valence-electron chi connectivity index (χ3n) is 2.60. The van der Waals surface area contributed by atoms with Gasteiger partial charge in [0, 0.05) is 20.1 Å². The Hall–Kier alpha value is -0.240. The second-order valence-corrected chi connectivity index (χ2v) is 4.80. The van der Waals surface area contributed by atoms with Crippen molar-refractivity contribution in [1.29, 1.82) is 0 Å². The molecule has 0 aromatic carbocycles. The lowest BCUT2D eigenvalue weighted by molar-refractivity contribution is -0.0416. The number of methoxy groups -OCH3 is 1. The molecule has 0 aliphatic rings. The van der Waals surface area contributed by atoms with Crippen molar-refractivity contribution >= 4 is 0 Å². The predicted octanol–water partition coefficient (Wildman–Crippen LogP) is 0.171. The van der Waals surface area contributed by atoms with Crippen molar-refractivity contribution in [3.8, 4) is 0 Å². The average molecular weight is 279 g/mol. The summed E-state index contributed by atoms with van der Waals surface area (Å²) in [5, 5.41) is 9.77. The molecule has 0 amide bonds. The molecule has 0 radical (unpaired) electrons. The highest BCUT2D eigenvalue weighted by Crippen LogP contribution is 2.12. The van der Waals surface area contributed by atoms with Gasteiger partial charge in [-0.05, 0) is 13.8 Å². The molecule has 6 nitrogen and oxygen atoms in total. The summed E-state index contributed by atoms with van der Waals surface area (Å²) < 4.78 is 21.0. The molecule has 0 aromatic rings. The van der Waals surface area contributed by atoms with Crippen LogP contribution in [0.3, 0.4) is 0 Å². The van der Waals surface area contributed by atoms with Crippen molar-refractivity contribution in [2.75, 3.05) is 53.3 Å². The van der Waals surface area contributed by atoms with Crippen molar-refractivity contribution < 1.29 is 24.1 Å². The van der Waals surface area contributed by atoms with Crippen LogP contribution < -0.4 is 5.73 Å². The van der Waals surface area contributed by atoms with Gasteiger partial charge in [-0.15, -0.1) is 0 Å². The number of rotatable bonds is 13. The van der Waals surface area contributed by atoms with Crippen LogP contribution in [-0.2, 0) is 18.9 Å². The molecule has 2 unspecified atom stereocenters. The molecule has 0 fully saturated rings. The van der Waals surface area contributed by atoms with Crippen molar-refractivity contribution in [3.05, 3.63) is 0 Å². The van der Waals surface area contributed by atoms with Gasteiger partial charge < -0.3 is 29.8 Å². The Morgan fingerprint density at radius 2 is 1.58 bits per heavy atom. The summed E-state index contributed by atoms with van der Waals surface area (Å²) in [6.45, 7) is 7.16. The van der Waals surface area contributed by atoms with Gasteiger partial charge in [0.2, 0.25) is 0 Å². The average Bonchev–Trinajstić information content (AvgIpc) is 2.36. The van der Waals surface area contributed by atoms with Crippen LogP contribution in [0.25, 0.3) is 0 Å². The standard InChI is InChI=1S/C13H29NO5/c1-12(10-13(2,15)11-14)19-9-8-18-7-6-17-5-4-16-3/h12,15H,4-11,14H2,1-3H3. The van der Waals surface area contributed by atoms with E-state index in [0.29, 0.717) is 46.1 Å². The topological polar surface area (TPSA) is 83.2 Å². The SMILES string of the molecule is COCCOCCOCCOC(C)CC(C)(O)CN. The van der Waals surface area contributed by atoms with E-state index in [2.05, 4.69) is 0 Å². The molecular formula is C13H29NO5. The molecule has 0 rings (SSSR count). The molecule has 0 saturated heterocycles. The highest BCUT2D eigenvalue weighted by atomic mass is 16.6. The Kier molecular flexibility index (Phi) is 11.4. The first-order valence-corrected chi connectivity index (χ1v) is 6.70. The van der Waals surface area contributed by atoms with Crippen LogP contribution in [0.2, 0.25) is 0 Å². The number of hydrogen-bond donors (Lipinski definition) is 2. The quantitative estimate of drug-likeness (QED) is 0.468. The van der Waals surface area contributed by atoms with E-state index in [0.717, 1.165) is 0 Å². The molecule has 116 valence electrons. The molecule has 0 aliphatic heterocycles.